The van der Waals surface area contributed by atoms with Crippen LogP contribution in [0, 0.1) is 0 Å². The van der Waals surface area contributed by atoms with E-state index in [1.165, 1.54) is 5.56 Å². The predicted molar refractivity (Wildman–Crippen MR) is 105 cm³/mol. The fraction of sp³-hybridized carbons (Fsp3) is 0.400. The van der Waals surface area contributed by atoms with Crippen molar-refractivity contribution in [3.8, 4) is 5.75 Å². The Hall–Kier alpha value is -2.60. The summed E-state index contributed by atoms with van der Waals surface area (Å²) >= 11 is 0. The predicted octanol–water partition coefficient (Wildman–Crippen LogP) is 2.43. The van der Waals surface area contributed by atoms with Gasteiger partial charge in [0.25, 0.3) is 5.91 Å². The molecule has 140 valence electrons. The summed E-state index contributed by atoms with van der Waals surface area (Å²) in [4.78, 5) is 18.6. The molecule has 0 aliphatic rings. The van der Waals surface area contributed by atoms with Gasteiger partial charge in [0.2, 0.25) is 0 Å². The number of rotatable bonds is 10. The molecular formula is C20H28N4O2. The molecule has 0 aliphatic heterocycles. The highest BCUT2D eigenvalue weighted by molar-refractivity contribution is 5.94. The summed E-state index contributed by atoms with van der Waals surface area (Å²) in [6.45, 7) is 2.36. The van der Waals surface area contributed by atoms with E-state index in [1.54, 1.807) is 25.4 Å². The molecule has 6 nitrogen and oxygen atoms in total. The molecule has 1 aromatic carbocycles. The van der Waals surface area contributed by atoms with E-state index >= 15 is 0 Å². The van der Waals surface area contributed by atoms with Gasteiger partial charge < -0.3 is 20.3 Å². The van der Waals surface area contributed by atoms with Gasteiger partial charge in [-0.15, -0.1) is 0 Å². The number of methoxy groups -OCH3 is 1. The maximum atomic E-state index is 12.2. The molecular weight excluding hydrogens is 328 g/mol. The number of anilines is 1. The molecule has 0 bridgehead atoms. The highest BCUT2D eigenvalue weighted by Gasteiger charge is 2.06. The number of nitrogens with zero attached hydrogens (tertiary/aromatic N) is 2. The average molecular weight is 356 g/mol. The van der Waals surface area contributed by atoms with Crippen LogP contribution in [0.2, 0.25) is 0 Å². The van der Waals surface area contributed by atoms with Crippen LogP contribution < -0.4 is 15.4 Å². The topological polar surface area (TPSA) is 66.5 Å². The van der Waals surface area contributed by atoms with Gasteiger partial charge in [-0.3, -0.25) is 4.79 Å². The fourth-order valence-corrected chi connectivity index (χ4v) is 2.49. The smallest absolute Gasteiger partial charge is 0.251 e. The van der Waals surface area contributed by atoms with Crippen molar-refractivity contribution in [2.75, 3.05) is 46.2 Å². The van der Waals surface area contributed by atoms with E-state index in [-0.39, 0.29) is 5.91 Å². The van der Waals surface area contributed by atoms with E-state index in [0.717, 1.165) is 31.7 Å². The summed E-state index contributed by atoms with van der Waals surface area (Å²) in [6, 6.07) is 11.5. The van der Waals surface area contributed by atoms with Crippen LogP contribution in [-0.4, -0.2) is 56.6 Å². The zero-order valence-corrected chi connectivity index (χ0v) is 15.8. The first-order valence-electron chi connectivity index (χ1n) is 8.84. The molecule has 0 atom stereocenters. The number of benzene rings is 1. The van der Waals surface area contributed by atoms with Crippen molar-refractivity contribution in [2.24, 2.45) is 0 Å². The first-order valence-corrected chi connectivity index (χ1v) is 8.84. The Labute approximate surface area is 155 Å². The third-order valence-corrected chi connectivity index (χ3v) is 3.97. The second-order valence-corrected chi connectivity index (χ2v) is 6.37. The van der Waals surface area contributed by atoms with Crippen molar-refractivity contribution >= 4 is 11.7 Å². The normalized spacial score (nSPS) is 10.6. The zero-order chi connectivity index (χ0) is 18.8. The van der Waals surface area contributed by atoms with E-state index in [0.29, 0.717) is 17.9 Å². The van der Waals surface area contributed by atoms with Crippen molar-refractivity contribution in [3.05, 3.63) is 53.7 Å². The van der Waals surface area contributed by atoms with Crippen molar-refractivity contribution in [3.63, 3.8) is 0 Å². The number of ether oxygens (including phenoxy) is 1. The number of hydrogen-bond acceptors (Lipinski definition) is 5. The quantitative estimate of drug-likeness (QED) is 0.640. The Bertz CT molecular complexity index is 686. The second kappa shape index (κ2) is 10.4. The molecule has 0 fully saturated rings. The number of pyridine rings is 1. The maximum absolute atomic E-state index is 12.2. The van der Waals surface area contributed by atoms with Crippen LogP contribution in [0.4, 0.5) is 5.82 Å². The molecule has 0 saturated heterocycles. The molecule has 2 N–H and O–H groups in total. The molecule has 2 rings (SSSR count). The number of amides is 1. The van der Waals surface area contributed by atoms with E-state index < -0.39 is 0 Å². The molecule has 6 heteroatoms. The molecule has 0 aliphatic carbocycles. The van der Waals surface area contributed by atoms with Gasteiger partial charge in [0.15, 0.2) is 0 Å². The second-order valence-electron chi connectivity index (χ2n) is 6.37. The Morgan fingerprint density at radius 2 is 1.92 bits per heavy atom. The van der Waals surface area contributed by atoms with Crippen LogP contribution in [0.15, 0.2) is 42.6 Å². The number of hydrogen-bond donors (Lipinski definition) is 2. The third-order valence-electron chi connectivity index (χ3n) is 3.97. The van der Waals surface area contributed by atoms with E-state index in [4.69, 9.17) is 4.74 Å². The summed E-state index contributed by atoms with van der Waals surface area (Å²) in [5, 5.41) is 6.21. The number of carbonyl (C=O) groups is 1. The molecule has 2 aromatic rings. The summed E-state index contributed by atoms with van der Waals surface area (Å²) in [7, 11) is 5.71. The molecule has 0 spiro atoms. The molecule has 0 saturated carbocycles. The Kier molecular flexibility index (Phi) is 7.89. The number of carbonyl (C=O) groups excluding carboxylic acids is 1. The molecule has 1 heterocycles. The highest BCUT2D eigenvalue weighted by atomic mass is 16.5. The molecule has 0 unspecified atom stereocenters. The molecule has 0 radical (unpaired) electrons. The third kappa shape index (κ3) is 6.72. The minimum atomic E-state index is -0.0654. The summed E-state index contributed by atoms with van der Waals surface area (Å²) in [6.07, 6.45) is 3.45. The van der Waals surface area contributed by atoms with Crippen molar-refractivity contribution in [1.82, 2.24) is 15.2 Å². The van der Waals surface area contributed by atoms with Crippen LogP contribution in [0.3, 0.4) is 0 Å². The van der Waals surface area contributed by atoms with Crippen LogP contribution >= 0.6 is 0 Å². The van der Waals surface area contributed by atoms with Gasteiger partial charge in [-0.2, -0.15) is 0 Å². The largest absolute Gasteiger partial charge is 0.497 e. The Balaban J connectivity index is 1.79. The van der Waals surface area contributed by atoms with Gasteiger partial charge in [0.05, 0.1) is 7.11 Å². The SMILES string of the molecule is COc1ccc(CCNc2cc(C(=O)NCCCN(C)C)ccn2)cc1. The van der Waals surface area contributed by atoms with Crippen LogP contribution in [-0.2, 0) is 6.42 Å². The van der Waals surface area contributed by atoms with Crippen LogP contribution in [0.25, 0.3) is 0 Å². The lowest BCUT2D eigenvalue weighted by atomic mass is 10.1. The molecule has 1 amide bonds. The van der Waals surface area contributed by atoms with Gasteiger partial charge in [0.1, 0.15) is 11.6 Å². The average Bonchev–Trinajstić information content (AvgIpc) is 2.66. The van der Waals surface area contributed by atoms with Crippen molar-refractivity contribution in [1.29, 1.82) is 0 Å². The van der Waals surface area contributed by atoms with E-state index in [2.05, 4.69) is 20.5 Å². The van der Waals surface area contributed by atoms with Crippen LogP contribution in [0.1, 0.15) is 22.3 Å². The summed E-state index contributed by atoms with van der Waals surface area (Å²) in [5.74, 6) is 1.50. The fourth-order valence-electron chi connectivity index (χ4n) is 2.49. The Morgan fingerprint density at radius 3 is 2.62 bits per heavy atom. The van der Waals surface area contributed by atoms with Gasteiger partial charge in [-0.1, -0.05) is 12.1 Å². The van der Waals surface area contributed by atoms with Crippen molar-refractivity contribution in [2.45, 2.75) is 12.8 Å². The first kappa shape index (κ1) is 19.7. The summed E-state index contributed by atoms with van der Waals surface area (Å²) in [5.41, 5.74) is 1.84. The highest BCUT2D eigenvalue weighted by Crippen LogP contribution is 2.12. The lowest BCUT2D eigenvalue weighted by molar-refractivity contribution is 0.0952. The molecule has 26 heavy (non-hydrogen) atoms. The lowest BCUT2D eigenvalue weighted by Crippen LogP contribution is -2.27. The van der Waals surface area contributed by atoms with Gasteiger partial charge in [-0.05, 0) is 63.3 Å². The Morgan fingerprint density at radius 1 is 1.15 bits per heavy atom. The number of aromatic nitrogens is 1. The minimum Gasteiger partial charge on any atom is -0.497 e. The first-order chi connectivity index (χ1) is 12.6. The standard InChI is InChI=1S/C20H28N4O2/c1-24(2)14-4-11-23-20(25)17-10-13-22-19(15-17)21-12-9-16-5-7-18(26-3)8-6-16/h5-8,10,13,15H,4,9,11-12,14H2,1-3H3,(H,21,22)(H,23,25). The van der Waals surface area contributed by atoms with E-state index in [9.17, 15) is 4.79 Å². The zero-order valence-electron chi connectivity index (χ0n) is 15.8. The maximum Gasteiger partial charge on any atom is 0.251 e. The van der Waals surface area contributed by atoms with Crippen LogP contribution in [0.5, 0.6) is 5.75 Å². The monoisotopic (exact) mass is 356 g/mol. The molecule has 1 aromatic heterocycles. The van der Waals surface area contributed by atoms with E-state index in [1.807, 2.05) is 38.4 Å². The van der Waals surface area contributed by atoms with Crippen molar-refractivity contribution < 1.29 is 9.53 Å². The van der Waals surface area contributed by atoms with Gasteiger partial charge in [-0.25, -0.2) is 4.98 Å². The van der Waals surface area contributed by atoms with Gasteiger partial charge >= 0.3 is 0 Å². The number of nitrogens with one attached hydrogen (secondary N) is 2. The summed E-state index contributed by atoms with van der Waals surface area (Å²) < 4.78 is 5.16. The minimum absolute atomic E-state index is 0.0654. The van der Waals surface area contributed by atoms with Gasteiger partial charge in [0, 0.05) is 24.8 Å². The lowest BCUT2D eigenvalue weighted by Gasteiger charge is -2.11.